The molecule has 2 N–H and O–H groups in total. The van der Waals surface area contributed by atoms with Crippen molar-refractivity contribution in [2.75, 3.05) is 6.51 Å². The van der Waals surface area contributed by atoms with Crippen molar-refractivity contribution in [1.82, 2.24) is 0 Å². The van der Waals surface area contributed by atoms with Gasteiger partial charge in [-0.3, -0.25) is 0 Å². The van der Waals surface area contributed by atoms with Gasteiger partial charge in [0.25, 0.3) is 0 Å². The molecule has 78 valence electrons. The summed E-state index contributed by atoms with van der Waals surface area (Å²) >= 11 is 0. The monoisotopic (exact) mass is 212 g/mol. The zero-order valence-electron chi connectivity index (χ0n) is 7.44. The summed E-state index contributed by atoms with van der Waals surface area (Å²) in [6.07, 6.45) is 0. The van der Waals surface area contributed by atoms with Crippen LogP contribution >= 0.6 is 0 Å². The Balaban J connectivity index is 2.55. The lowest BCUT2D eigenvalue weighted by Gasteiger charge is -2.21. The summed E-state index contributed by atoms with van der Waals surface area (Å²) in [5.74, 6) is -2.24. The Bertz CT molecular complexity index is 422. The van der Waals surface area contributed by atoms with Gasteiger partial charge in [0.1, 0.15) is 17.9 Å². The summed E-state index contributed by atoms with van der Waals surface area (Å²) in [6.45, 7) is -0.157. The fourth-order valence-corrected chi connectivity index (χ4v) is 1.29. The Morgan fingerprint density at radius 3 is 2.93 bits per heavy atom. The van der Waals surface area contributed by atoms with Gasteiger partial charge in [0.2, 0.25) is 0 Å². The molecule has 1 aromatic rings. The molecular weight excluding hydrogens is 206 g/mol. The number of halogens is 1. The van der Waals surface area contributed by atoms with E-state index in [0.29, 0.717) is 0 Å². The smallest absolute Gasteiger partial charge is 0.531 e. The van der Waals surface area contributed by atoms with Crippen LogP contribution < -0.4 is 9.39 Å². The van der Waals surface area contributed by atoms with Crippen LogP contribution in [0.15, 0.2) is 12.1 Å². The van der Waals surface area contributed by atoms with Crippen LogP contribution in [-0.2, 0) is 0 Å². The summed E-state index contributed by atoms with van der Waals surface area (Å²) in [6, 6.07) is 1.82. The van der Waals surface area contributed by atoms with Crippen molar-refractivity contribution in [2.45, 2.75) is 0 Å². The summed E-state index contributed by atoms with van der Waals surface area (Å²) in [4.78, 5) is 10.7. The largest absolute Gasteiger partial charge is 0.563 e. The molecule has 0 amide bonds. The van der Waals surface area contributed by atoms with Crippen LogP contribution in [0.2, 0.25) is 0 Å². The van der Waals surface area contributed by atoms with E-state index in [1.807, 2.05) is 0 Å². The van der Waals surface area contributed by atoms with Crippen LogP contribution in [0.25, 0.3) is 0 Å². The Labute approximate surface area is 84.2 Å². The van der Waals surface area contributed by atoms with E-state index in [1.54, 1.807) is 0 Å². The molecule has 0 radical (unpaired) electrons. The minimum absolute atomic E-state index is 0.0160. The number of hydrogen-bond acceptors (Lipinski definition) is 4. The number of rotatable bonds is 1. The van der Waals surface area contributed by atoms with E-state index in [1.165, 1.54) is 0 Å². The van der Waals surface area contributed by atoms with Crippen molar-refractivity contribution < 1.29 is 28.7 Å². The van der Waals surface area contributed by atoms with Crippen LogP contribution in [0.1, 0.15) is 10.4 Å². The Hall–Kier alpha value is -1.76. The summed E-state index contributed by atoms with van der Waals surface area (Å²) in [5, 5.41) is 17.9. The number of fused-ring (bicyclic) bond motifs is 1. The van der Waals surface area contributed by atoms with Gasteiger partial charge < -0.3 is 19.5 Å². The molecule has 0 aliphatic carbocycles. The third-order valence-electron chi connectivity index (χ3n) is 1.89. The van der Waals surface area contributed by atoms with Gasteiger partial charge in [-0.2, -0.15) is 0 Å². The Morgan fingerprint density at radius 1 is 1.53 bits per heavy atom. The second kappa shape index (κ2) is 3.43. The SMILES string of the molecule is O=C(O)c1cc(F)cc2c1OB(O)CO2. The Morgan fingerprint density at radius 2 is 2.27 bits per heavy atom. The molecule has 5 nitrogen and oxygen atoms in total. The van der Waals surface area contributed by atoms with E-state index >= 15 is 0 Å². The first-order chi connectivity index (χ1) is 7.08. The minimum Gasteiger partial charge on any atom is -0.531 e. The highest BCUT2D eigenvalue weighted by Crippen LogP contribution is 2.35. The van der Waals surface area contributed by atoms with Crippen LogP contribution in [0, 0.1) is 5.82 Å². The van der Waals surface area contributed by atoms with Crippen molar-refractivity contribution >= 4 is 13.1 Å². The number of carboxylic acids is 1. The maximum absolute atomic E-state index is 13.0. The van der Waals surface area contributed by atoms with E-state index in [9.17, 15) is 9.18 Å². The second-order valence-electron chi connectivity index (χ2n) is 2.97. The van der Waals surface area contributed by atoms with Gasteiger partial charge >= 0.3 is 13.1 Å². The van der Waals surface area contributed by atoms with E-state index in [2.05, 4.69) is 0 Å². The van der Waals surface area contributed by atoms with Crippen molar-refractivity contribution in [2.24, 2.45) is 0 Å². The standard InChI is InChI=1S/C8H6BFO5/c10-4-1-5(8(11)12)7-6(2-4)14-3-9(13)15-7/h1-2,13H,3H2,(H,11,12). The van der Waals surface area contributed by atoms with Crippen molar-refractivity contribution in [3.63, 3.8) is 0 Å². The first-order valence-corrected chi connectivity index (χ1v) is 4.12. The average molecular weight is 212 g/mol. The lowest BCUT2D eigenvalue weighted by Crippen LogP contribution is -2.34. The molecule has 2 rings (SSSR count). The van der Waals surface area contributed by atoms with Gasteiger partial charge in [0.15, 0.2) is 11.5 Å². The third-order valence-corrected chi connectivity index (χ3v) is 1.89. The maximum Gasteiger partial charge on any atom is 0.563 e. The maximum atomic E-state index is 13.0. The minimum atomic E-state index is -1.34. The van der Waals surface area contributed by atoms with E-state index in [4.69, 9.17) is 19.5 Å². The molecule has 0 bridgehead atoms. The van der Waals surface area contributed by atoms with Gasteiger partial charge in [-0.15, -0.1) is 0 Å². The lowest BCUT2D eigenvalue weighted by molar-refractivity contribution is 0.0692. The molecule has 1 aliphatic rings. The zero-order valence-corrected chi connectivity index (χ0v) is 7.44. The van der Waals surface area contributed by atoms with Gasteiger partial charge in [-0.25, -0.2) is 9.18 Å². The van der Waals surface area contributed by atoms with Crippen LogP contribution in [0.3, 0.4) is 0 Å². The molecule has 0 aromatic heterocycles. The molecule has 7 heteroatoms. The molecular formula is C8H6BFO5. The van der Waals surface area contributed by atoms with Crippen molar-refractivity contribution in [3.8, 4) is 11.5 Å². The van der Waals surface area contributed by atoms with Gasteiger partial charge in [0, 0.05) is 6.07 Å². The predicted octanol–water partition coefficient (Wildman–Crippen LogP) is 0.315. The third kappa shape index (κ3) is 1.73. The highest BCUT2D eigenvalue weighted by molar-refractivity contribution is 6.44. The summed E-state index contributed by atoms with van der Waals surface area (Å²) in [5.41, 5.74) is -0.372. The quantitative estimate of drug-likeness (QED) is 0.655. The number of aromatic carboxylic acids is 1. The van der Waals surface area contributed by atoms with E-state index < -0.39 is 18.9 Å². The molecule has 0 saturated heterocycles. The molecule has 1 heterocycles. The van der Waals surface area contributed by atoms with Gasteiger partial charge in [-0.05, 0) is 6.07 Å². The molecule has 0 fully saturated rings. The normalized spacial score (nSPS) is 13.9. The second-order valence-corrected chi connectivity index (χ2v) is 2.97. The molecule has 1 aromatic carbocycles. The van der Waals surface area contributed by atoms with E-state index in [-0.39, 0.29) is 23.6 Å². The fraction of sp³-hybridized carbons (Fsp3) is 0.125. The molecule has 0 saturated carbocycles. The highest BCUT2D eigenvalue weighted by Gasteiger charge is 2.29. The van der Waals surface area contributed by atoms with E-state index in [0.717, 1.165) is 12.1 Å². The van der Waals surface area contributed by atoms with Gasteiger partial charge in [0.05, 0.1) is 0 Å². The fourth-order valence-electron chi connectivity index (χ4n) is 1.29. The molecule has 0 unspecified atom stereocenters. The number of ether oxygens (including phenoxy) is 1. The molecule has 0 spiro atoms. The first kappa shape index (κ1) is 9.79. The van der Waals surface area contributed by atoms with Crippen LogP contribution in [0.5, 0.6) is 11.5 Å². The van der Waals surface area contributed by atoms with Crippen molar-refractivity contribution in [1.29, 1.82) is 0 Å². The predicted molar refractivity (Wildman–Crippen MR) is 47.5 cm³/mol. The molecule has 1 aliphatic heterocycles. The number of carbonyl (C=O) groups is 1. The number of hydrogen-bond donors (Lipinski definition) is 2. The topological polar surface area (TPSA) is 76.0 Å². The lowest BCUT2D eigenvalue weighted by atomic mass is 9.91. The average Bonchev–Trinajstić information content (AvgIpc) is 2.17. The van der Waals surface area contributed by atoms with Crippen LogP contribution in [0.4, 0.5) is 4.39 Å². The summed E-state index contributed by atoms with van der Waals surface area (Å²) < 4.78 is 22.7. The number of benzene rings is 1. The van der Waals surface area contributed by atoms with Crippen molar-refractivity contribution in [3.05, 3.63) is 23.5 Å². The van der Waals surface area contributed by atoms with Gasteiger partial charge in [-0.1, -0.05) is 0 Å². The zero-order chi connectivity index (χ0) is 11.0. The highest BCUT2D eigenvalue weighted by atomic mass is 19.1. The molecule has 15 heavy (non-hydrogen) atoms. The number of carboxylic acid groups (broad SMARTS) is 1. The first-order valence-electron chi connectivity index (χ1n) is 4.12. The molecule has 0 atom stereocenters. The van der Waals surface area contributed by atoms with Crippen LogP contribution in [-0.4, -0.2) is 29.7 Å². The summed E-state index contributed by atoms with van der Waals surface area (Å²) in [7, 11) is -1.24. The Kier molecular flexibility index (Phi) is 2.24.